The SMILES string of the molecule is COc1nc(C)c(NC(=O)C2COc3ccccc3O2)c(C)n1. The lowest BCUT2D eigenvalue weighted by Gasteiger charge is -2.25. The summed E-state index contributed by atoms with van der Waals surface area (Å²) in [6, 6.07) is 7.51. The van der Waals surface area contributed by atoms with Crippen LogP contribution in [0.4, 0.5) is 5.69 Å². The van der Waals surface area contributed by atoms with E-state index in [1.165, 1.54) is 7.11 Å². The second-order valence-corrected chi connectivity index (χ2v) is 5.11. The smallest absolute Gasteiger partial charge is 0.316 e. The Morgan fingerprint density at radius 2 is 1.87 bits per heavy atom. The van der Waals surface area contributed by atoms with Crippen LogP contribution in [-0.4, -0.2) is 35.7 Å². The molecule has 1 unspecified atom stereocenters. The molecular weight excluding hydrogens is 298 g/mol. The molecule has 2 heterocycles. The molecule has 1 aromatic carbocycles. The number of carbonyl (C=O) groups is 1. The van der Waals surface area contributed by atoms with Gasteiger partial charge in [0.1, 0.15) is 6.61 Å². The number of hydrogen-bond acceptors (Lipinski definition) is 6. The van der Waals surface area contributed by atoms with Crippen molar-refractivity contribution in [3.63, 3.8) is 0 Å². The van der Waals surface area contributed by atoms with Gasteiger partial charge >= 0.3 is 6.01 Å². The van der Waals surface area contributed by atoms with Crippen molar-refractivity contribution >= 4 is 11.6 Å². The van der Waals surface area contributed by atoms with Crippen LogP contribution in [0, 0.1) is 13.8 Å². The van der Waals surface area contributed by atoms with Gasteiger partial charge in [-0.2, -0.15) is 9.97 Å². The molecule has 3 rings (SSSR count). The summed E-state index contributed by atoms with van der Waals surface area (Å²) < 4.78 is 16.3. The number of nitrogens with zero attached hydrogens (tertiary/aromatic N) is 2. The first-order valence-electron chi connectivity index (χ1n) is 7.17. The number of para-hydroxylation sites is 2. The van der Waals surface area contributed by atoms with Crippen molar-refractivity contribution in [3.05, 3.63) is 35.7 Å². The number of benzene rings is 1. The standard InChI is InChI=1S/C16H17N3O4/c1-9-14(10(2)18-16(17-9)21-3)19-15(20)13-8-22-11-6-4-5-7-12(11)23-13/h4-7,13H,8H2,1-3H3,(H,19,20). The van der Waals surface area contributed by atoms with Crippen LogP contribution < -0.4 is 19.5 Å². The van der Waals surface area contributed by atoms with Crippen molar-refractivity contribution in [3.8, 4) is 17.5 Å². The van der Waals surface area contributed by atoms with E-state index in [0.29, 0.717) is 28.6 Å². The molecule has 7 heteroatoms. The predicted molar refractivity (Wildman–Crippen MR) is 83.0 cm³/mol. The van der Waals surface area contributed by atoms with E-state index >= 15 is 0 Å². The van der Waals surface area contributed by atoms with Gasteiger partial charge in [-0.25, -0.2) is 0 Å². The zero-order chi connectivity index (χ0) is 16.4. The van der Waals surface area contributed by atoms with Gasteiger partial charge in [-0.3, -0.25) is 4.79 Å². The van der Waals surface area contributed by atoms with E-state index < -0.39 is 6.10 Å². The summed E-state index contributed by atoms with van der Waals surface area (Å²) in [7, 11) is 1.50. The maximum atomic E-state index is 12.4. The number of rotatable bonds is 3. The number of aryl methyl sites for hydroxylation is 2. The maximum absolute atomic E-state index is 12.4. The Morgan fingerprint density at radius 3 is 2.52 bits per heavy atom. The number of fused-ring (bicyclic) bond motifs is 1. The largest absolute Gasteiger partial charge is 0.485 e. The molecule has 1 aromatic heterocycles. The van der Waals surface area contributed by atoms with E-state index in [-0.39, 0.29) is 18.5 Å². The summed E-state index contributed by atoms with van der Waals surface area (Å²) >= 11 is 0. The highest BCUT2D eigenvalue weighted by atomic mass is 16.6. The number of amides is 1. The summed E-state index contributed by atoms with van der Waals surface area (Å²) in [5.74, 6) is 0.884. The van der Waals surface area contributed by atoms with Crippen LogP contribution in [0.25, 0.3) is 0 Å². The zero-order valence-electron chi connectivity index (χ0n) is 13.1. The molecule has 23 heavy (non-hydrogen) atoms. The molecule has 0 radical (unpaired) electrons. The second kappa shape index (κ2) is 6.12. The van der Waals surface area contributed by atoms with Crippen molar-refractivity contribution in [2.45, 2.75) is 20.0 Å². The number of methoxy groups -OCH3 is 1. The van der Waals surface area contributed by atoms with Gasteiger partial charge in [0.2, 0.25) is 6.10 Å². The summed E-state index contributed by atoms with van der Waals surface area (Å²) in [6.07, 6.45) is -0.731. The molecule has 0 bridgehead atoms. The maximum Gasteiger partial charge on any atom is 0.316 e. The van der Waals surface area contributed by atoms with Crippen LogP contribution in [0.15, 0.2) is 24.3 Å². The van der Waals surface area contributed by atoms with Gasteiger partial charge in [-0.05, 0) is 26.0 Å². The quantitative estimate of drug-likeness (QED) is 0.931. The van der Waals surface area contributed by atoms with Gasteiger partial charge < -0.3 is 19.5 Å². The minimum Gasteiger partial charge on any atom is -0.485 e. The van der Waals surface area contributed by atoms with Crippen molar-refractivity contribution in [1.82, 2.24) is 9.97 Å². The molecule has 2 aromatic rings. The predicted octanol–water partition coefficient (Wildman–Crippen LogP) is 1.88. The summed E-state index contributed by atoms with van der Waals surface area (Å²) in [4.78, 5) is 20.8. The molecule has 0 saturated heterocycles. The molecule has 1 N–H and O–H groups in total. The number of nitrogens with one attached hydrogen (secondary N) is 1. The van der Waals surface area contributed by atoms with Gasteiger partial charge in [0.25, 0.3) is 5.91 Å². The molecule has 1 atom stereocenters. The number of ether oxygens (including phenoxy) is 3. The molecule has 1 aliphatic heterocycles. The molecule has 120 valence electrons. The molecule has 7 nitrogen and oxygen atoms in total. The molecule has 0 aliphatic carbocycles. The van der Waals surface area contributed by atoms with E-state index in [9.17, 15) is 4.79 Å². The Bertz CT molecular complexity index is 725. The number of hydrogen-bond donors (Lipinski definition) is 1. The Morgan fingerprint density at radius 1 is 1.22 bits per heavy atom. The van der Waals surface area contributed by atoms with E-state index in [2.05, 4.69) is 15.3 Å². The lowest BCUT2D eigenvalue weighted by Crippen LogP contribution is -2.40. The van der Waals surface area contributed by atoms with E-state index in [1.54, 1.807) is 26.0 Å². The fraction of sp³-hybridized carbons (Fsp3) is 0.312. The highest BCUT2D eigenvalue weighted by molar-refractivity contribution is 5.95. The topological polar surface area (TPSA) is 82.6 Å². The van der Waals surface area contributed by atoms with Crippen LogP contribution >= 0.6 is 0 Å². The molecule has 0 saturated carbocycles. The average molecular weight is 315 g/mol. The lowest BCUT2D eigenvalue weighted by molar-refractivity contribution is -0.125. The molecular formula is C16H17N3O4. The van der Waals surface area contributed by atoms with Crippen molar-refractivity contribution < 1.29 is 19.0 Å². The van der Waals surface area contributed by atoms with Gasteiger partial charge in [0.05, 0.1) is 24.2 Å². The van der Waals surface area contributed by atoms with Crippen LogP contribution in [0.1, 0.15) is 11.4 Å². The van der Waals surface area contributed by atoms with Gasteiger partial charge in [-0.1, -0.05) is 12.1 Å². The Balaban J connectivity index is 1.76. The average Bonchev–Trinajstić information content (AvgIpc) is 2.57. The van der Waals surface area contributed by atoms with Crippen LogP contribution in [0.5, 0.6) is 17.5 Å². The van der Waals surface area contributed by atoms with Crippen molar-refractivity contribution in [1.29, 1.82) is 0 Å². The summed E-state index contributed by atoms with van der Waals surface area (Å²) in [5, 5.41) is 2.81. The van der Waals surface area contributed by atoms with Crippen LogP contribution in [-0.2, 0) is 4.79 Å². The Hall–Kier alpha value is -2.83. The summed E-state index contributed by atoms with van der Waals surface area (Å²) in [5.41, 5.74) is 1.80. The third-order valence-electron chi connectivity index (χ3n) is 3.48. The first-order chi connectivity index (χ1) is 11.1. The highest BCUT2D eigenvalue weighted by Gasteiger charge is 2.28. The second-order valence-electron chi connectivity index (χ2n) is 5.11. The molecule has 0 spiro atoms. The van der Waals surface area contributed by atoms with Crippen LogP contribution in [0.3, 0.4) is 0 Å². The fourth-order valence-electron chi connectivity index (χ4n) is 2.31. The Labute approximate surface area is 133 Å². The van der Waals surface area contributed by atoms with Crippen LogP contribution in [0.2, 0.25) is 0 Å². The number of aromatic nitrogens is 2. The van der Waals surface area contributed by atoms with E-state index in [1.807, 2.05) is 12.1 Å². The number of anilines is 1. The first-order valence-corrected chi connectivity index (χ1v) is 7.17. The minimum absolute atomic E-state index is 0.151. The third kappa shape index (κ3) is 3.03. The van der Waals surface area contributed by atoms with Gasteiger partial charge in [-0.15, -0.1) is 0 Å². The number of carbonyl (C=O) groups excluding carboxylic acids is 1. The Kier molecular flexibility index (Phi) is 4.01. The fourth-order valence-corrected chi connectivity index (χ4v) is 2.31. The van der Waals surface area contributed by atoms with E-state index in [4.69, 9.17) is 14.2 Å². The van der Waals surface area contributed by atoms with E-state index in [0.717, 1.165) is 0 Å². The van der Waals surface area contributed by atoms with Gasteiger partial charge in [0, 0.05) is 0 Å². The summed E-state index contributed by atoms with van der Waals surface area (Å²) in [6.45, 7) is 3.71. The third-order valence-corrected chi connectivity index (χ3v) is 3.48. The monoisotopic (exact) mass is 315 g/mol. The van der Waals surface area contributed by atoms with Gasteiger partial charge in [0.15, 0.2) is 11.5 Å². The molecule has 1 amide bonds. The van der Waals surface area contributed by atoms with Crippen molar-refractivity contribution in [2.24, 2.45) is 0 Å². The molecule has 0 fully saturated rings. The van der Waals surface area contributed by atoms with Crippen molar-refractivity contribution in [2.75, 3.05) is 19.0 Å². The normalized spacial score (nSPS) is 15.9. The lowest BCUT2D eigenvalue weighted by atomic mass is 10.2. The minimum atomic E-state index is -0.731. The first kappa shape index (κ1) is 15.1. The highest BCUT2D eigenvalue weighted by Crippen LogP contribution is 2.31. The zero-order valence-corrected chi connectivity index (χ0v) is 13.1. The molecule has 1 aliphatic rings.